The van der Waals surface area contributed by atoms with E-state index < -0.39 is 0 Å². The van der Waals surface area contributed by atoms with Gasteiger partial charge in [0.1, 0.15) is 6.61 Å². The van der Waals surface area contributed by atoms with Crippen molar-refractivity contribution in [1.82, 2.24) is 9.80 Å². The molecular weight excluding hydrogens is 320 g/mol. The van der Waals surface area contributed by atoms with E-state index in [2.05, 4.69) is 15.5 Å². The van der Waals surface area contributed by atoms with Gasteiger partial charge in [0.25, 0.3) is 0 Å². The Morgan fingerprint density at radius 2 is 1.96 bits per heavy atom. The third kappa shape index (κ3) is 4.70. The van der Waals surface area contributed by atoms with Crippen LogP contribution in [0.1, 0.15) is 19.3 Å². The van der Waals surface area contributed by atoms with Crippen LogP contribution >= 0.6 is 0 Å². The molecule has 2 heterocycles. The third-order valence-electron chi connectivity index (χ3n) is 4.80. The van der Waals surface area contributed by atoms with Gasteiger partial charge in [-0.05, 0) is 37.6 Å². The highest BCUT2D eigenvalue weighted by Crippen LogP contribution is 2.22. The van der Waals surface area contributed by atoms with Gasteiger partial charge in [-0.25, -0.2) is 4.79 Å². The summed E-state index contributed by atoms with van der Waals surface area (Å²) in [6, 6.07) is 7.57. The van der Waals surface area contributed by atoms with E-state index in [4.69, 9.17) is 4.74 Å². The first-order valence-corrected chi connectivity index (χ1v) is 8.84. The van der Waals surface area contributed by atoms with E-state index in [1.54, 1.807) is 18.2 Å². The van der Waals surface area contributed by atoms with Gasteiger partial charge in [0, 0.05) is 44.2 Å². The smallest absolute Gasteiger partial charge is 0.321 e. The van der Waals surface area contributed by atoms with E-state index in [9.17, 15) is 9.59 Å². The van der Waals surface area contributed by atoms with Gasteiger partial charge in [0.2, 0.25) is 5.91 Å². The Labute approximate surface area is 148 Å². The average molecular weight is 346 g/mol. The van der Waals surface area contributed by atoms with Crippen molar-refractivity contribution < 1.29 is 14.3 Å². The number of nitrogens with one attached hydrogen (secondary N) is 2. The number of fused-ring (bicyclic) bond motifs is 1. The van der Waals surface area contributed by atoms with E-state index in [-0.39, 0.29) is 18.5 Å². The largest absolute Gasteiger partial charge is 0.375 e. The summed E-state index contributed by atoms with van der Waals surface area (Å²) >= 11 is 0. The number of hydrogen-bond donors (Lipinski definition) is 2. The lowest BCUT2D eigenvalue weighted by Crippen LogP contribution is -2.56. The number of benzene rings is 1. The molecule has 1 atom stereocenters. The number of carbonyl (C=O) groups excluding carboxylic acids is 2. The zero-order chi connectivity index (χ0) is 17.6. The summed E-state index contributed by atoms with van der Waals surface area (Å²) in [6.07, 6.45) is 3.69. The number of nitrogens with zero attached hydrogens (tertiary/aromatic N) is 2. The van der Waals surface area contributed by atoms with Crippen LogP contribution in [0.2, 0.25) is 0 Å². The highest BCUT2D eigenvalue weighted by atomic mass is 16.5. The molecule has 2 N–H and O–H groups in total. The van der Waals surface area contributed by atoms with Crippen LogP contribution < -0.4 is 10.6 Å². The molecule has 3 amide bonds. The third-order valence-corrected chi connectivity index (χ3v) is 4.80. The van der Waals surface area contributed by atoms with Crippen LogP contribution in [0, 0.1) is 0 Å². The molecule has 7 heteroatoms. The van der Waals surface area contributed by atoms with E-state index in [1.807, 2.05) is 11.0 Å². The SMILES string of the molecule is COCC(=O)Nc1cccc(NC(=O)N2CCN3CCCCC3C2)c1. The lowest BCUT2D eigenvalue weighted by atomic mass is 10.00. The standard InChI is InChI=1S/C18H26N4O3/c1-25-13-17(23)19-14-5-4-6-15(11-14)20-18(24)22-10-9-21-8-3-2-7-16(21)12-22/h4-6,11,16H,2-3,7-10,12-13H2,1H3,(H,19,23)(H,20,24). The fraction of sp³-hybridized carbons (Fsp3) is 0.556. The first-order chi connectivity index (χ1) is 12.2. The highest BCUT2D eigenvalue weighted by Gasteiger charge is 2.30. The number of amides is 3. The second-order valence-corrected chi connectivity index (χ2v) is 6.62. The van der Waals surface area contributed by atoms with Gasteiger partial charge < -0.3 is 20.3 Å². The Hall–Kier alpha value is -2.12. The predicted molar refractivity (Wildman–Crippen MR) is 96.8 cm³/mol. The molecule has 0 saturated carbocycles. The van der Waals surface area contributed by atoms with Crippen molar-refractivity contribution in [3.63, 3.8) is 0 Å². The summed E-state index contributed by atoms with van der Waals surface area (Å²) in [7, 11) is 1.47. The maximum Gasteiger partial charge on any atom is 0.321 e. The molecule has 0 radical (unpaired) electrons. The number of methoxy groups -OCH3 is 1. The molecule has 2 aliphatic rings. The first kappa shape index (κ1) is 17.7. The number of urea groups is 1. The van der Waals surface area contributed by atoms with Gasteiger partial charge in [0.05, 0.1) is 0 Å². The minimum absolute atomic E-state index is 0.00224. The van der Waals surface area contributed by atoms with Crippen molar-refractivity contribution in [2.75, 3.05) is 50.5 Å². The number of piperazine rings is 1. The lowest BCUT2D eigenvalue weighted by molar-refractivity contribution is -0.119. The molecule has 2 fully saturated rings. The van der Waals surface area contributed by atoms with Crippen LogP contribution in [-0.2, 0) is 9.53 Å². The number of hydrogen-bond acceptors (Lipinski definition) is 4. The monoisotopic (exact) mass is 346 g/mol. The predicted octanol–water partition coefficient (Wildman–Crippen LogP) is 1.97. The minimum Gasteiger partial charge on any atom is -0.375 e. The van der Waals surface area contributed by atoms with E-state index in [0.717, 1.165) is 26.2 Å². The Balaban J connectivity index is 1.56. The quantitative estimate of drug-likeness (QED) is 0.874. The second kappa shape index (κ2) is 8.31. The molecule has 25 heavy (non-hydrogen) atoms. The summed E-state index contributed by atoms with van der Waals surface area (Å²) in [6.45, 7) is 3.65. The van der Waals surface area contributed by atoms with E-state index in [1.165, 1.54) is 26.4 Å². The molecule has 0 aliphatic carbocycles. The molecule has 2 saturated heterocycles. The van der Waals surface area contributed by atoms with Crippen molar-refractivity contribution in [1.29, 1.82) is 0 Å². The molecule has 3 rings (SSSR count). The fourth-order valence-electron chi connectivity index (χ4n) is 3.55. The van der Waals surface area contributed by atoms with Crippen molar-refractivity contribution in [2.45, 2.75) is 25.3 Å². The van der Waals surface area contributed by atoms with Gasteiger partial charge in [-0.15, -0.1) is 0 Å². The first-order valence-electron chi connectivity index (χ1n) is 8.84. The minimum atomic E-state index is -0.223. The topological polar surface area (TPSA) is 73.9 Å². The maximum atomic E-state index is 12.6. The van der Waals surface area contributed by atoms with Crippen LogP contribution in [0.3, 0.4) is 0 Å². The van der Waals surface area contributed by atoms with Crippen molar-refractivity contribution in [2.24, 2.45) is 0 Å². The van der Waals surface area contributed by atoms with E-state index in [0.29, 0.717) is 17.4 Å². The molecular formula is C18H26N4O3. The summed E-state index contributed by atoms with van der Waals surface area (Å²) in [4.78, 5) is 28.5. The lowest BCUT2D eigenvalue weighted by Gasteiger charge is -2.43. The van der Waals surface area contributed by atoms with Crippen LogP contribution in [0.4, 0.5) is 16.2 Å². The highest BCUT2D eigenvalue weighted by molar-refractivity contribution is 5.94. The molecule has 7 nitrogen and oxygen atoms in total. The number of anilines is 2. The second-order valence-electron chi connectivity index (χ2n) is 6.62. The summed E-state index contributed by atoms with van der Waals surface area (Å²) in [5.74, 6) is -0.223. The molecule has 2 aliphatic heterocycles. The zero-order valence-corrected chi connectivity index (χ0v) is 14.7. The molecule has 1 aromatic carbocycles. The van der Waals surface area contributed by atoms with Gasteiger partial charge in [-0.3, -0.25) is 9.69 Å². The van der Waals surface area contributed by atoms with E-state index >= 15 is 0 Å². The van der Waals surface area contributed by atoms with Gasteiger partial charge in [-0.1, -0.05) is 12.5 Å². The van der Waals surface area contributed by atoms with Crippen molar-refractivity contribution in [3.05, 3.63) is 24.3 Å². The normalized spacial score (nSPS) is 20.7. The summed E-state index contributed by atoms with van der Waals surface area (Å²) in [5, 5.41) is 5.68. The van der Waals surface area contributed by atoms with Crippen LogP contribution in [0.5, 0.6) is 0 Å². The van der Waals surface area contributed by atoms with Gasteiger partial charge in [0.15, 0.2) is 0 Å². The van der Waals surface area contributed by atoms with Crippen LogP contribution in [-0.4, -0.2) is 67.7 Å². The molecule has 1 unspecified atom stereocenters. The molecule has 1 aromatic rings. The maximum absolute atomic E-state index is 12.6. The number of ether oxygens (including phenoxy) is 1. The van der Waals surface area contributed by atoms with Crippen molar-refractivity contribution in [3.8, 4) is 0 Å². The summed E-state index contributed by atoms with van der Waals surface area (Å²) in [5.41, 5.74) is 1.31. The summed E-state index contributed by atoms with van der Waals surface area (Å²) < 4.78 is 4.80. The molecule has 0 bridgehead atoms. The Bertz CT molecular complexity index is 622. The molecule has 136 valence electrons. The number of rotatable bonds is 4. The van der Waals surface area contributed by atoms with Crippen LogP contribution in [0.15, 0.2) is 24.3 Å². The molecule has 0 aromatic heterocycles. The van der Waals surface area contributed by atoms with Crippen LogP contribution in [0.25, 0.3) is 0 Å². The Morgan fingerprint density at radius 1 is 1.16 bits per heavy atom. The average Bonchev–Trinajstić information content (AvgIpc) is 2.61. The zero-order valence-electron chi connectivity index (χ0n) is 14.7. The molecule has 0 spiro atoms. The van der Waals surface area contributed by atoms with Crippen molar-refractivity contribution >= 4 is 23.3 Å². The van der Waals surface area contributed by atoms with Gasteiger partial charge >= 0.3 is 6.03 Å². The number of carbonyl (C=O) groups is 2. The Kier molecular flexibility index (Phi) is 5.88. The number of piperidine rings is 1. The fourth-order valence-corrected chi connectivity index (χ4v) is 3.55. The Morgan fingerprint density at radius 3 is 2.76 bits per heavy atom. The van der Waals surface area contributed by atoms with Gasteiger partial charge in [-0.2, -0.15) is 0 Å².